The zero-order valence-electron chi connectivity index (χ0n) is 10.3. The quantitative estimate of drug-likeness (QED) is 0.816. The first kappa shape index (κ1) is 11.7. The van der Waals surface area contributed by atoms with Gasteiger partial charge in [0.15, 0.2) is 0 Å². The van der Waals surface area contributed by atoms with Crippen LogP contribution < -0.4 is 5.32 Å². The molecule has 1 heteroatoms. The summed E-state index contributed by atoms with van der Waals surface area (Å²) in [6.45, 7) is 4.62. The Bertz CT molecular complexity index is 296. The lowest BCUT2D eigenvalue weighted by Crippen LogP contribution is -2.29. The van der Waals surface area contributed by atoms with Crippen LogP contribution in [-0.4, -0.2) is 13.1 Å². The van der Waals surface area contributed by atoms with Gasteiger partial charge in [-0.15, -0.1) is 0 Å². The molecule has 1 N–H and O–H groups in total. The summed E-state index contributed by atoms with van der Waals surface area (Å²) in [5.41, 5.74) is 2.86. The summed E-state index contributed by atoms with van der Waals surface area (Å²) in [4.78, 5) is 0. The van der Waals surface area contributed by atoms with Crippen molar-refractivity contribution in [2.75, 3.05) is 13.1 Å². The predicted octanol–water partition coefficient (Wildman–Crippen LogP) is 3.32. The van der Waals surface area contributed by atoms with Crippen LogP contribution in [0.5, 0.6) is 0 Å². The van der Waals surface area contributed by atoms with E-state index in [1.54, 1.807) is 0 Å². The minimum Gasteiger partial charge on any atom is -0.316 e. The molecule has 0 bridgehead atoms. The van der Waals surface area contributed by atoms with Gasteiger partial charge in [0.2, 0.25) is 0 Å². The molecule has 2 rings (SSSR count). The number of aryl methyl sites for hydroxylation is 2. The van der Waals surface area contributed by atoms with Crippen molar-refractivity contribution in [2.45, 2.75) is 39.0 Å². The number of nitrogens with one attached hydrogen (secondary N) is 1. The predicted molar refractivity (Wildman–Crippen MR) is 69.7 cm³/mol. The van der Waals surface area contributed by atoms with Crippen LogP contribution in [0.15, 0.2) is 24.3 Å². The van der Waals surface area contributed by atoms with E-state index in [0.29, 0.717) is 0 Å². The van der Waals surface area contributed by atoms with Crippen LogP contribution in [0, 0.1) is 12.8 Å². The molecule has 1 atom stereocenters. The van der Waals surface area contributed by atoms with Crippen LogP contribution in [0.4, 0.5) is 0 Å². The molecule has 1 nitrogen and oxygen atoms in total. The molecule has 0 aromatic heterocycles. The summed E-state index contributed by atoms with van der Waals surface area (Å²) in [6.07, 6.45) is 6.78. The maximum absolute atomic E-state index is 3.49. The highest BCUT2D eigenvalue weighted by atomic mass is 14.9. The van der Waals surface area contributed by atoms with E-state index in [1.165, 1.54) is 56.3 Å². The molecule has 1 aromatic carbocycles. The molecule has 0 radical (unpaired) electrons. The Morgan fingerprint density at radius 2 is 2.06 bits per heavy atom. The van der Waals surface area contributed by atoms with E-state index in [4.69, 9.17) is 0 Å². The van der Waals surface area contributed by atoms with E-state index in [9.17, 15) is 0 Å². The van der Waals surface area contributed by atoms with Gasteiger partial charge in [0, 0.05) is 0 Å². The molecule has 16 heavy (non-hydrogen) atoms. The first-order valence-electron chi connectivity index (χ1n) is 6.61. The van der Waals surface area contributed by atoms with E-state index >= 15 is 0 Å². The summed E-state index contributed by atoms with van der Waals surface area (Å²) in [6, 6.07) is 8.98. The van der Waals surface area contributed by atoms with E-state index < -0.39 is 0 Å². The second-order valence-corrected chi connectivity index (χ2v) is 5.09. The van der Waals surface area contributed by atoms with Gasteiger partial charge in [0.05, 0.1) is 0 Å². The van der Waals surface area contributed by atoms with Gasteiger partial charge >= 0.3 is 0 Å². The molecule has 1 aliphatic heterocycles. The lowest BCUT2D eigenvalue weighted by Gasteiger charge is -2.22. The van der Waals surface area contributed by atoms with Crippen molar-refractivity contribution in [2.24, 2.45) is 5.92 Å². The van der Waals surface area contributed by atoms with Crippen molar-refractivity contribution in [3.8, 4) is 0 Å². The van der Waals surface area contributed by atoms with Crippen LogP contribution in [0.2, 0.25) is 0 Å². The molecule has 0 amide bonds. The normalized spacial score (nSPS) is 20.9. The second-order valence-electron chi connectivity index (χ2n) is 5.09. The highest BCUT2D eigenvalue weighted by Gasteiger charge is 2.11. The maximum Gasteiger partial charge on any atom is -0.00205 e. The molecule has 1 saturated heterocycles. The Morgan fingerprint density at radius 1 is 1.25 bits per heavy atom. The summed E-state index contributed by atoms with van der Waals surface area (Å²) in [7, 11) is 0. The number of benzene rings is 1. The van der Waals surface area contributed by atoms with Crippen LogP contribution in [-0.2, 0) is 6.42 Å². The van der Waals surface area contributed by atoms with E-state index in [2.05, 4.69) is 36.5 Å². The third kappa shape index (κ3) is 3.64. The lowest BCUT2D eigenvalue weighted by atomic mass is 9.93. The SMILES string of the molecule is Cc1ccc(CCCC2CCCNC2)cc1. The van der Waals surface area contributed by atoms with Crippen molar-refractivity contribution in [1.82, 2.24) is 5.32 Å². The minimum absolute atomic E-state index is 0.930. The van der Waals surface area contributed by atoms with Crippen LogP contribution >= 0.6 is 0 Å². The fraction of sp³-hybridized carbons (Fsp3) is 0.600. The van der Waals surface area contributed by atoms with Gasteiger partial charge < -0.3 is 5.32 Å². The van der Waals surface area contributed by atoms with Crippen molar-refractivity contribution in [1.29, 1.82) is 0 Å². The molecular formula is C15H23N. The number of piperidine rings is 1. The van der Waals surface area contributed by atoms with Gasteiger partial charge in [-0.25, -0.2) is 0 Å². The molecule has 0 saturated carbocycles. The standard InChI is InChI=1S/C15H23N/c1-13-7-9-14(10-8-13)4-2-5-15-6-3-11-16-12-15/h7-10,15-16H,2-6,11-12H2,1H3. The smallest absolute Gasteiger partial charge is 0.00205 e. The van der Waals surface area contributed by atoms with E-state index in [0.717, 1.165) is 5.92 Å². The molecule has 88 valence electrons. The largest absolute Gasteiger partial charge is 0.316 e. The molecule has 1 heterocycles. The first-order valence-corrected chi connectivity index (χ1v) is 6.61. The fourth-order valence-electron chi connectivity index (χ4n) is 2.52. The number of rotatable bonds is 4. The van der Waals surface area contributed by atoms with Gasteiger partial charge in [0.1, 0.15) is 0 Å². The van der Waals surface area contributed by atoms with Crippen molar-refractivity contribution in [3.05, 3.63) is 35.4 Å². The van der Waals surface area contributed by atoms with Gasteiger partial charge in [-0.05, 0) is 63.6 Å². The molecule has 0 spiro atoms. The average Bonchev–Trinajstić information content (AvgIpc) is 2.33. The Hall–Kier alpha value is -0.820. The van der Waals surface area contributed by atoms with Gasteiger partial charge in [-0.1, -0.05) is 29.8 Å². The zero-order chi connectivity index (χ0) is 11.2. The first-order chi connectivity index (χ1) is 7.84. The Kier molecular flexibility index (Phi) is 4.41. The molecule has 1 unspecified atom stereocenters. The third-order valence-electron chi connectivity index (χ3n) is 3.60. The monoisotopic (exact) mass is 217 g/mol. The molecule has 1 aromatic rings. The molecule has 1 fully saturated rings. The lowest BCUT2D eigenvalue weighted by molar-refractivity contribution is 0.351. The Morgan fingerprint density at radius 3 is 2.75 bits per heavy atom. The summed E-state index contributed by atoms with van der Waals surface area (Å²) >= 11 is 0. The van der Waals surface area contributed by atoms with Crippen molar-refractivity contribution in [3.63, 3.8) is 0 Å². The van der Waals surface area contributed by atoms with Crippen molar-refractivity contribution >= 4 is 0 Å². The number of hydrogen-bond acceptors (Lipinski definition) is 1. The minimum atomic E-state index is 0.930. The molecule has 1 aliphatic rings. The van der Waals surface area contributed by atoms with Crippen LogP contribution in [0.3, 0.4) is 0 Å². The van der Waals surface area contributed by atoms with Gasteiger partial charge in [-0.2, -0.15) is 0 Å². The maximum atomic E-state index is 3.49. The fourth-order valence-corrected chi connectivity index (χ4v) is 2.52. The topological polar surface area (TPSA) is 12.0 Å². The van der Waals surface area contributed by atoms with Crippen LogP contribution in [0.25, 0.3) is 0 Å². The van der Waals surface area contributed by atoms with E-state index in [1.807, 2.05) is 0 Å². The summed E-state index contributed by atoms with van der Waals surface area (Å²) in [5, 5.41) is 3.49. The highest BCUT2D eigenvalue weighted by molar-refractivity contribution is 5.21. The van der Waals surface area contributed by atoms with Gasteiger partial charge in [-0.3, -0.25) is 0 Å². The molecule has 0 aliphatic carbocycles. The second kappa shape index (κ2) is 6.05. The summed E-state index contributed by atoms with van der Waals surface area (Å²) in [5.74, 6) is 0.930. The Balaban J connectivity index is 1.69. The van der Waals surface area contributed by atoms with Crippen LogP contribution in [0.1, 0.15) is 36.8 Å². The number of hydrogen-bond donors (Lipinski definition) is 1. The summed E-state index contributed by atoms with van der Waals surface area (Å²) < 4.78 is 0. The van der Waals surface area contributed by atoms with Crippen molar-refractivity contribution < 1.29 is 0 Å². The van der Waals surface area contributed by atoms with Gasteiger partial charge in [0.25, 0.3) is 0 Å². The average molecular weight is 217 g/mol. The Labute approximate surface area is 99.3 Å². The zero-order valence-corrected chi connectivity index (χ0v) is 10.3. The van der Waals surface area contributed by atoms with E-state index in [-0.39, 0.29) is 0 Å². The highest BCUT2D eigenvalue weighted by Crippen LogP contribution is 2.17. The molecular weight excluding hydrogens is 194 g/mol. The third-order valence-corrected chi connectivity index (χ3v) is 3.60.